The molecule has 0 aliphatic rings. The van der Waals surface area contributed by atoms with Crippen LogP contribution in [0.25, 0.3) is 0 Å². The number of hydrogen-bond donors (Lipinski definition) is 3. The Morgan fingerprint density at radius 1 is 1.08 bits per heavy atom. The van der Waals surface area contributed by atoms with Crippen molar-refractivity contribution >= 4 is 17.8 Å². The average Bonchev–Trinajstić information content (AvgIpc) is 1.82. The monoisotopic (exact) mass is 175 g/mol. The van der Waals surface area contributed by atoms with E-state index in [0.29, 0.717) is 12.2 Å². The van der Waals surface area contributed by atoms with Crippen LogP contribution in [0, 0.1) is 0 Å². The van der Waals surface area contributed by atoms with Gasteiger partial charge in [-0.3, -0.25) is 4.79 Å². The number of carbonyl (C=O) groups is 3. The number of rotatable bonds is 2. The summed E-state index contributed by atoms with van der Waals surface area (Å²) < 4.78 is 0. The van der Waals surface area contributed by atoms with Gasteiger partial charge in [-0.15, -0.1) is 0 Å². The average molecular weight is 175 g/mol. The third kappa shape index (κ3) is 42.0. The summed E-state index contributed by atoms with van der Waals surface area (Å²) in [6.45, 7) is 1.31. The van der Waals surface area contributed by atoms with E-state index in [1.165, 1.54) is 6.92 Å². The van der Waals surface area contributed by atoms with E-state index < -0.39 is 11.9 Å². The van der Waals surface area contributed by atoms with Gasteiger partial charge in [-0.05, 0) is 0 Å². The lowest BCUT2D eigenvalue weighted by Gasteiger charge is -1.74. The number of carbonyl (C=O) groups excluding carboxylic acids is 1. The largest absolute Gasteiger partial charge is 0.478 e. The SMILES string of the molecule is CC(N)=O.O=C(O)/C=C\C(=O)O. The van der Waals surface area contributed by atoms with Gasteiger partial charge < -0.3 is 15.9 Å². The highest BCUT2D eigenvalue weighted by Gasteiger charge is 1.88. The molecule has 0 aromatic heterocycles. The zero-order chi connectivity index (χ0) is 10.1. The zero-order valence-electron chi connectivity index (χ0n) is 6.35. The van der Waals surface area contributed by atoms with E-state index >= 15 is 0 Å². The molecular formula is C6H9NO5. The van der Waals surface area contributed by atoms with Crippen molar-refractivity contribution in [2.75, 3.05) is 0 Å². The number of carboxylic acid groups (broad SMARTS) is 2. The van der Waals surface area contributed by atoms with E-state index in [4.69, 9.17) is 10.2 Å². The molecule has 0 saturated heterocycles. The Morgan fingerprint density at radius 3 is 1.33 bits per heavy atom. The Bertz CT molecular complexity index is 188. The molecule has 0 unspecified atom stereocenters. The van der Waals surface area contributed by atoms with E-state index in [9.17, 15) is 14.4 Å². The fourth-order valence-corrected chi connectivity index (χ4v) is 0.143. The Hall–Kier alpha value is -1.85. The first-order valence-corrected chi connectivity index (χ1v) is 2.76. The second-order valence-electron chi connectivity index (χ2n) is 1.62. The van der Waals surface area contributed by atoms with Crippen LogP contribution < -0.4 is 5.73 Å². The van der Waals surface area contributed by atoms with Crippen LogP contribution in [0.2, 0.25) is 0 Å². The van der Waals surface area contributed by atoms with Crippen molar-refractivity contribution in [1.82, 2.24) is 0 Å². The summed E-state index contributed by atoms with van der Waals surface area (Å²) in [7, 11) is 0. The number of carboxylic acids is 2. The quantitative estimate of drug-likeness (QED) is 0.475. The lowest BCUT2D eigenvalue weighted by atomic mass is 10.5. The van der Waals surface area contributed by atoms with Crippen LogP contribution in [0.3, 0.4) is 0 Å². The summed E-state index contributed by atoms with van der Waals surface area (Å²) >= 11 is 0. The van der Waals surface area contributed by atoms with E-state index in [2.05, 4.69) is 5.73 Å². The fourth-order valence-electron chi connectivity index (χ4n) is 0.143. The van der Waals surface area contributed by atoms with Gasteiger partial charge in [-0.2, -0.15) is 0 Å². The highest BCUT2D eigenvalue weighted by atomic mass is 16.4. The van der Waals surface area contributed by atoms with Gasteiger partial charge in [0.2, 0.25) is 5.91 Å². The molecule has 1 amide bonds. The molecule has 6 nitrogen and oxygen atoms in total. The van der Waals surface area contributed by atoms with Crippen LogP contribution in [0.15, 0.2) is 12.2 Å². The van der Waals surface area contributed by atoms with Crippen molar-refractivity contribution in [3.05, 3.63) is 12.2 Å². The molecule has 0 aromatic carbocycles. The maximum atomic E-state index is 9.55. The molecule has 0 aliphatic heterocycles. The molecule has 0 heterocycles. The summed E-state index contributed by atoms with van der Waals surface area (Å²) in [5.41, 5.74) is 4.47. The normalized spacial score (nSPS) is 8.42. The molecule has 0 fully saturated rings. The van der Waals surface area contributed by atoms with Crippen LogP contribution in [-0.2, 0) is 14.4 Å². The van der Waals surface area contributed by atoms with Gasteiger partial charge >= 0.3 is 11.9 Å². The fraction of sp³-hybridized carbons (Fsp3) is 0.167. The summed E-state index contributed by atoms with van der Waals surface area (Å²) in [6.07, 6.45) is 1.12. The Balaban J connectivity index is 0. The minimum Gasteiger partial charge on any atom is -0.478 e. The smallest absolute Gasteiger partial charge is 0.328 e. The number of primary amides is 1. The van der Waals surface area contributed by atoms with Gasteiger partial charge in [0, 0.05) is 19.1 Å². The van der Waals surface area contributed by atoms with Gasteiger partial charge in [-0.1, -0.05) is 0 Å². The predicted molar refractivity (Wildman–Crippen MR) is 39.3 cm³/mol. The molecule has 4 N–H and O–H groups in total. The van der Waals surface area contributed by atoms with Crippen molar-refractivity contribution in [1.29, 1.82) is 0 Å². The Morgan fingerprint density at radius 2 is 1.25 bits per heavy atom. The highest BCUT2D eigenvalue weighted by Crippen LogP contribution is 1.70. The lowest BCUT2D eigenvalue weighted by Crippen LogP contribution is -2.01. The number of hydrogen-bond acceptors (Lipinski definition) is 3. The maximum Gasteiger partial charge on any atom is 0.328 e. The van der Waals surface area contributed by atoms with Crippen molar-refractivity contribution in [3.8, 4) is 0 Å². The number of amides is 1. The van der Waals surface area contributed by atoms with Crippen LogP contribution in [-0.4, -0.2) is 28.1 Å². The first kappa shape index (κ1) is 12.8. The van der Waals surface area contributed by atoms with Crippen LogP contribution in [0.5, 0.6) is 0 Å². The van der Waals surface area contributed by atoms with Crippen LogP contribution >= 0.6 is 0 Å². The van der Waals surface area contributed by atoms with Crippen LogP contribution in [0.4, 0.5) is 0 Å². The molecule has 0 spiro atoms. The van der Waals surface area contributed by atoms with Gasteiger partial charge in [0.05, 0.1) is 0 Å². The standard InChI is InChI=1S/C4H4O4.C2H5NO/c5-3(6)1-2-4(7)8;1-2(3)4/h1-2H,(H,5,6)(H,7,8);1H3,(H2,3,4)/b2-1-;. The molecule has 6 heteroatoms. The molecule has 68 valence electrons. The lowest BCUT2D eigenvalue weighted by molar-refractivity contribution is -0.134. The summed E-state index contributed by atoms with van der Waals surface area (Å²) in [5, 5.41) is 15.6. The summed E-state index contributed by atoms with van der Waals surface area (Å²) in [4.78, 5) is 28.3. The van der Waals surface area contributed by atoms with E-state index in [-0.39, 0.29) is 5.91 Å². The number of nitrogens with two attached hydrogens (primary N) is 1. The van der Waals surface area contributed by atoms with Gasteiger partial charge in [0.1, 0.15) is 0 Å². The van der Waals surface area contributed by atoms with Crippen molar-refractivity contribution in [3.63, 3.8) is 0 Å². The molecule has 0 radical (unpaired) electrons. The molecule has 12 heavy (non-hydrogen) atoms. The van der Waals surface area contributed by atoms with Crippen LogP contribution in [0.1, 0.15) is 6.92 Å². The van der Waals surface area contributed by atoms with Gasteiger partial charge in [0.25, 0.3) is 0 Å². The predicted octanol–water partition coefficient (Wildman–Crippen LogP) is -0.797. The zero-order valence-corrected chi connectivity index (χ0v) is 6.35. The second-order valence-corrected chi connectivity index (χ2v) is 1.62. The molecule has 0 saturated carbocycles. The minimum atomic E-state index is -1.26. The molecule has 0 atom stereocenters. The molecule has 0 rings (SSSR count). The maximum absolute atomic E-state index is 9.55. The number of aliphatic carboxylic acids is 2. The Kier molecular flexibility index (Phi) is 7.74. The highest BCUT2D eigenvalue weighted by molar-refractivity contribution is 5.89. The summed E-state index contributed by atoms with van der Waals surface area (Å²) in [6, 6.07) is 0. The molecule has 0 aromatic rings. The van der Waals surface area contributed by atoms with Crippen molar-refractivity contribution < 1.29 is 24.6 Å². The molecule has 0 aliphatic carbocycles. The summed E-state index contributed by atoms with van der Waals surface area (Å²) in [5.74, 6) is -2.85. The van der Waals surface area contributed by atoms with E-state index in [0.717, 1.165) is 0 Å². The first-order chi connectivity index (χ1) is 5.36. The van der Waals surface area contributed by atoms with E-state index in [1.54, 1.807) is 0 Å². The Labute approximate surface area is 68.3 Å². The van der Waals surface area contributed by atoms with E-state index in [1.807, 2.05) is 0 Å². The molecular weight excluding hydrogens is 166 g/mol. The third-order valence-electron chi connectivity index (χ3n) is 0.368. The van der Waals surface area contributed by atoms with Crippen molar-refractivity contribution in [2.24, 2.45) is 5.73 Å². The van der Waals surface area contributed by atoms with Gasteiger partial charge in [-0.25, -0.2) is 9.59 Å². The van der Waals surface area contributed by atoms with Gasteiger partial charge in [0.15, 0.2) is 0 Å². The first-order valence-electron chi connectivity index (χ1n) is 2.76. The minimum absolute atomic E-state index is 0.333. The van der Waals surface area contributed by atoms with Crippen molar-refractivity contribution in [2.45, 2.75) is 6.92 Å². The third-order valence-corrected chi connectivity index (χ3v) is 0.368. The molecule has 0 bridgehead atoms. The second kappa shape index (κ2) is 7.26. The topological polar surface area (TPSA) is 118 Å².